The molecule has 0 aromatic heterocycles. The fourth-order valence-corrected chi connectivity index (χ4v) is 1.71. The number of aliphatic hydroxyl groups is 2. The number of rotatable bonds is 6. The Morgan fingerprint density at radius 2 is 1.62 bits per heavy atom. The van der Waals surface area contributed by atoms with E-state index in [1.54, 1.807) is 0 Å². The summed E-state index contributed by atoms with van der Waals surface area (Å²) >= 11 is 0. The Labute approximate surface area is 82.0 Å². The Balaban J connectivity index is 3.99. The van der Waals surface area contributed by atoms with E-state index in [-0.39, 0.29) is 12.7 Å². The molecule has 0 aliphatic rings. The first-order valence-electron chi connectivity index (χ1n) is 5.33. The molecule has 0 bridgehead atoms. The van der Waals surface area contributed by atoms with Gasteiger partial charge in [-0.1, -0.05) is 27.7 Å². The van der Waals surface area contributed by atoms with Crippen molar-refractivity contribution in [2.45, 2.75) is 46.6 Å². The molecule has 2 nitrogen and oxygen atoms in total. The van der Waals surface area contributed by atoms with Gasteiger partial charge in [0, 0.05) is 6.61 Å². The van der Waals surface area contributed by atoms with Crippen LogP contribution in [-0.2, 0) is 0 Å². The summed E-state index contributed by atoms with van der Waals surface area (Å²) in [5.74, 6) is 1.29. The molecule has 0 aromatic rings. The summed E-state index contributed by atoms with van der Waals surface area (Å²) in [5.41, 5.74) is 0. The molecule has 0 amide bonds. The van der Waals surface area contributed by atoms with Crippen LogP contribution in [0.2, 0.25) is 0 Å². The third kappa shape index (κ3) is 4.10. The van der Waals surface area contributed by atoms with Crippen LogP contribution in [0.4, 0.5) is 0 Å². The minimum Gasteiger partial charge on any atom is -0.396 e. The molecular weight excluding hydrogens is 164 g/mol. The number of hydrogen-bond acceptors (Lipinski definition) is 2. The van der Waals surface area contributed by atoms with Gasteiger partial charge in [-0.3, -0.25) is 0 Å². The van der Waals surface area contributed by atoms with Crippen LogP contribution < -0.4 is 0 Å². The molecule has 0 aromatic carbocycles. The van der Waals surface area contributed by atoms with Gasteiger partial charge >= 0.3 is 0 Å². The van der Waals surface area contributed by atoms with Crippen molar-refractivity contribution >= 4 is 0 Å². The van der Waals surface area contributed by atoms with E-state index in [2.05, 4.69) is 20.8 Å². The predicted octanol–water partition coefficient (Wildman–Crippen LogP) is 2.05. The van der Waals surface area contributed by atoms with Gasteiger partial charge in [-0.2, -0.15) is 0 Å². The standard InChI is InChI=1S/C11H24O2/c1-5-11(13)10(4)9(3)8(2)6-7-12/h8-13H,5-7H2,1-4H3/t8-,9?,10?,11-/m0/s1. The van der Waals surface area contributed by atoms with E-state index in [0.717, 1.165) is 12.8 Å². The molecule has 2 unspecified atom stereocenters. The second-order valence-corrected chi connectivity index (χ2v) is 4.18. The van der Waals surface area contributed by atoms with E-state index in [1.807, 2.05) is 6.92 Å². The summed E-state index contributed by atoms with van der Waals surface area (Å²) in [6.07, 6.45) is 1.45. The van der Waals surface area contributed by atoms with Crippen LogP contribution in [0.1, 0.15) is 40.5 Å². The van der Waals surface area contributed by atoms with Gasteiger partial charge in [-0.05, 0) is 30.6 Å². The molecule has 0 rings (SSSR count). The first-order chi connectivity index (χ1) is 6.04. The van der Waals surface area contributed by atoms with Crippen LogP contribution in [0.3, 0.4) is 0 Å². The summed E-state index contributed by atoms with van der Waals surface area (Å²) < 4.78 is 0. The fourth-order valence-electron chi connectivity index (χ4n) is 1.71. The van der Waals surface area contributed by atoms with Crippen LogP contribution in [-0.4, -0.2) is 22.9 Å². The van der Waals surface area contributed by atoms with E-state index in [9.17, 15) is 5.11 Å². The van der Waals surface area contributed by atoms with Gasteiger partial charge in [0.15, 0.2) is 0 Å². The fraction of sp³-hybridized carbons (Fsp3) is 1.00. The van der Waals surface area contributed by atoms with Crippen molar-refractivity contribution in [3.05, 3.63) is 0 Å². The Morgan fingerprint density at radius 1 is 1.08 bits per heavy atom. The minimum absolute atomic E-state index is 0.198. The zero-order valence-corrected chi connectivity index (χ0v) is 9.33. The monoisotopic (exact) mass is 188 g/mol. The Morgan fingerprint density at radius 3 is 2.00 bits per heavy atom. The lowest BCUT2D eigenvalue weighted by Gasteiger charge is -2.28. The Hall–Kier alpha value is -0.0800. The summed E-state index contributed by atoms with van der Waals surface area (Å²) in [4.78, 5) is 0. The van der Waals surface area contributed by atoms with Crippen molar-refractivity contribution in [2.75, 3.05) is 6.61 Å². The second kappa shape index (κ2) is 6.39. The van der Waals surface area contributed by atoms with E-state index in [1.165, 1.54) is 0 Å². The van der Waals surface area contributed by atoms with Crippen LogP contribution in [0.15, 0.2) is 0 Å². The molecule has 2 N–H and O–H groups in total. The largest absolute Gasteiger partial charge is 0.396 e. The van der Waals surface area contributed by atoms with Crippen molar-refractivity contribution in [3.63, 3.8) is 0 Å². The van der Waals surface area contributed by atoms with Gasteiger partial charge in [-0.15, -0.1) is 0 Å². The summed E-state index contributed by atoms with van der Waals surface area (Å²) in [7, 11) is 0. The molecule has 0 fully saturated rings. The zero-order valence-electron chi connectivity index (χ0n) is 9.33. The first-order valence-corrected chi connectivity index (χ1v) is 5.33. The lowest BCUT2D eigenvalue weighted by Crippen LogP contribution is -2.27. The highest BCUT2D eigenvalue weighted by atomic mass is 16.3. The van der Waals surface area contributed by atoms with Gasteiger partial charge in [0.25, 0.3) is 0 Å². The maximum absolute atomic E-state index is 9.65. The second-order valence-electron chi connectivity index (χ2n) is 4.18. The molecule has 2 heteroatoms. The third-order valence-electron chi connectivity index (χ3n) is 3.34. The maximum atomic E-state index is 9.65. The van der Waals surface area contributed by atoms with E-state index < -0.39 is 0 Å². The highest BCUT2D eigenvalue weighted by Gasteiger charge is 2.23. The van der Waals surface area contributed by atoms with Gasteiger partial charge in [-0.25, -0.2) is 0 Å². The van der Waals surface area contributed by atoms with Crippen LogP contribution >= 0.6 is 0 Å². The SMILES string of the molecule is CC[C@H](O)C(C)C(C)[C@@H](C)CCO. The summed E-state index contributed by atoms with van der Waals surface area (Å²) in [5, 5.41) is 18.5. The smallest absolute Gasteiger partial charge is 0.0565 e. The molecule has 0 aliphatic heterocycles. The first kappa shape index (κ1) is 12.9. The van der Waals surface area contributed by atoms with Crippen molar-refractivity contribution < 1.29 is 10.2 Å². The van der Waals surface area contributed by atoms with Crippen LogP contribution in [0, 0.1) is 17.8 Å². The molecular formula is C11H24O2. The van der Waals surface area contributed by atoms with Gasteiger partial charge < -0.3 is 10.2 Å². The Bertz CT molecular complexity index is 125. The zero-order chi connectivity index (χ0) is 10.4. The van der Waals surface area contributed by atoms with Gasteiger partial charge in [0.05, 0.1) is 6.10 Å². The molecule has 13 heavy (non-hydrogen) atoms. The molecule has 0 radical (unpaired) electrons. The average molecular weight is 188 g/mol. The minimum atomic E-state index is -0.198. The Kier molecular flexibility index (Phi) is 6.35. The van der Waals surface area contributed by atoms with Crippen LogP contribution in [0.5, 0.6) is 0 Å². The third-order valence-corrected chi connectivity index (χ3v) is 3.34. The van der Waals surface area contributed by atoms with Crippen molar-refractivity contribution in [1.82, 2.24) is 0 Å². The molecule has 0 saturated carbocycles. The molecule has 0 aliphatic carbocycles. The highest BCUT2D eigenvalue weighted by molar-refractivity contribution is 4.73. The number of aliphatic hydroxyl groups excluding tert-OH is 2. The molecule has 4 atom stereocenters. The molecule has 80 valence electrons. The van der Waals surface area contributed by atoms with Gasteiger partial charge in [0.1, 0.15) is 0 Å². The number of hydrogen-bond donors (Lipinski definition) is 2. The average Bonchev–Trinajstić information content (AvgIpc) is 2.14. The molecule has 0 saturated heterocycles. The van der Waals surface area contributed by atoms with E-state index in [0.29, 0.717) is 17.8 Å². The molecule has 0 spiro atoms. The lowest BCUT2D eigenvalue weighted by molar-refractivity contribution is 0.0622. The summed E-state index contributed by atoms with van der Waals surface area (Å²) in [6, 6.07) is 0. The van der Waals surface area contributed by atoms with Gasteiger partial charge in [0.2, 0.25) is 0 Å². The predicted molar refractivity (Wildman–Crippen MR) is 55.5 cm³/mol. The maximum Gasteiger partial charge on any atom is 0.0565 e. The summed E-state index contributed by atoms with van der Waals surface area (Å²) in [6.45, 7) is 8.64. The lowest BCUT2D eigenvalue weighted by atomic mass is 9.80. The molecule has 0 heterocycles. The topological polar surface area (TPSA) is 40.5 Å². The van der Waals surface area contributed by atoms with E-state index >= 15 is 0 Å². The van der Waals surface area contributed by atoms with Crippen molar-refractivity contribution in [3.8, 4) is 0 Å². The highest BCUT2D eigenvalue weighted by Crippen LogP contribution is 2.26. The van der Waals surface area contributed by atoms with E-state index in [4.69, 9.17) is 5.11 Å². The van der Waals surface area contributed by atoms with Crippen molar-refractivity contribution in [1.29, 1.82) is 0 Å². The quantitative estimate of drug-likeness (QED) is 0.669. The van der Waals surface area contributed by atoms with Crippen molar-refractivity contribution in [2.24, 2.45) is 17.8 Å². The van der Waals surface area contributed by atoms with Crippen LogP contribution in [0.25, 0.3) is 0 Å². The normalized spacial score (nSPS) is 20.8.